The minimum Gasteiger partial charge on any atom is -0.444 e. The van der Waals surface area contributed by atoms with E-state index in [1.807, 2.05) is 23.2 Å². The van der Waals surface area contributed by atoms with E-state index in [4.69, 9.17) is 4.74 Å². The molecule has 11 heteroatoms. The number of nitrogens with one attached hydrogen (secondary N) is 1. The second-order valence-corrected chi connectivity index (χ2v) is 8.24. The summed E-state index contributed by atoms with van der Waals surface area (Å²) in [6.45, 7) is 3.28. The molecule has 0 bridgehead atoms. The molecule has 1 aromatic carbocycles. The zero-order valence-corrected chi connectivity index (χ0v) is 18.5. The molecule has 2 aromatic rings. The van der Waals surface area contributed by atoms with Crippen LogP contribution in [0.3, 0.4) is 0 Å². The second-order valence-electron chi connectivity index (χ2n) is 8.24. The molecule has 0 aliphatic carbocycles. The van der Waals surface area contributed by atoms with Crippen molar-refractivity contribution in [3.05, 3.63) is 54.1 Å². The lowest BCUT2D eigenvalue weighted by Crippen LogP contribution is -2.38. The highest BCUT2D eigenvalue weighted by Crippen LogP contribution is 2.29. The maximum Gasteiger partial charge on any atom is 0.414 e. The molecule has 4 rings (SSSR count). The fourth-order valence-corrected chi connectivity index (χ4v) is 4.08. The molecule has 0 unspecified atom stereocenters. The van der Waals surface area contributed by atoms with E-state index in [-0.39, 0.29) is 19.4 Å². The first-order valence-electron chi connectivity index (χ1n) is 11.1. The molecule has 2 aliphatic rings. The number of cyclic esters (lactones) is 1. The van der Waals surface area contributed by atoms with Crippen molar-refractivity contribution in [3.8, 4) is 0 Å². The quantitative estimate of drug-likeness (QED) is 0.626. The maximum absolute atomic E-state index is 15.0. The van der Waals surface area contributed by atoms with Gasteiger partial charge in [-0.1, -0.05) is 6.07 Å². The Morgan fingerprint density at radius 3 is 2.82 bits per heavy atom. The van der Waals surface area contributed by atoms with Crippen LogP contribution in [0.2, 0.25) is 0 Å². The number of alkyl halides is 2. The van der Waals surface area contributed by atoms with E-state index in [0.717, 1.165) is 5.56 Å². The van der Waals surface area contributed by atoms with Gasteiger partial charge in [-0.15, -0.1) is 0 Å². The van der Waals surface area contributed by atoms with Crippen LogP contribution in [-0.4, -0.2) is 67.1 Å². The van der Waals surface area contributed by atoms with E-state index in [0.29, 0.717) is 44.1 Å². The number of Topliss-reactive ketones (excluding diaryl/α,β-unsaturated/α-hetero) is 1. The molecular formula is C23H26F3N5O3. The van der Waals surface area contributed by atoms with Gasteiger partial charge < -0.3 is 9.64 Å². The number of anilines is 2. The van der Waals surface area contributed by atoms with Crippen LogP contribution in [0.5, 0.6) is 0 Å². The third kappa shape index (κ3) is 5.84. The van der Waals surface area contributed by atoms with Crippen molar-refractivity contribution in [2.45, 2.75) is 31.9 Å². The average molecular weight is 477 g/mol. The highest BCUT2D eigenvalue weighted by Gasteiger charge is 2.33. The van der Waals surface area contributed by atoms with E-state index < -0.39 is 30.2 Å². The minimum atomic E-state index is -3.04. The van der Waals surface area contributed by atoms with Gasteiger partial charge in [-0.2, -0.15) is 0 Å². The number of ketones is 1. The van der Waals surface area contributed by atoms with E-state index in [1.54, 1.807) is 18.3 Å². The number of hydrogen-bond donors (Lipinski definition) is 1. The van der Waals surface area contributed by atoms with Gasteiger partial charge in [-0.3, -0.25) is 20.1 Å². The molecular weight excluding hydrogens is 451 g/mol. The predicted molar refractivity (Wildman–Crippen MR) is 119 cm³/mol. The zero-order valence-electron chi connectivity index (χ0n) is 18.5. The molecule has 0 radical (unpaired) electrons. The van der Waals surface area contributed by atoms with Crippen LogP contribution in [0, 0.1) is 5.82 Å². The Bertz CT molecular complexity index is 1010. The van der Waals surface area contributed by atoms with Crippen LogP contribution >= 0.6 is 0 Å². The molecule has 8 nitrogen and oxygen atoms in total. The highest BCUT2D eigenvalue weighted by molar-refractivity contribution is 5.90. The molecule has 1 atom stereocenters. The summed E-state index contributed by atoms with van der Waals surface area (Å²) < 4.78 is 45.0. The first kappa shape index (κ1) is 24.0. The summed E-state index contributed by atoms with van der Waals surface area (Å²) in [4.78, 5) is 30.7. The summed E-state index contributed by atoms with van der Waals surface area (Å²) in [6.07, 6.45) is -1.25. The number of halogens is 3. The second kappa shape index (κ2) is 10.8. The number of amides is 1. The summed E-state index contributed by atoms with van der Waals surface area (Å²) in [7, 11) is 0. The molecule has 2 saturated heterocycles. The number of carbonyl (C=O) groups excluding carboxylic acids is 2. The van der Waals surface area contributed by atoms with Gasteiger partial charge in [0.15, 0.2) is 5.78 Å². The molecule has 1 N–H and O–H groups in total. The standard InChI is InChI=1S/C23H26F3N5O3/c24-19-12-17(31-15-18(34-23(31)33)4-6-21(32)22(25)26)3-5-20(19)29-9-8-28-30(11-10-29)14-16-2-1-7-27-13-16/h1-3,5,7,12-13,18,22,28H,4,6,8-11,14-15H2/t18-/m0/s1. The van der Waals surface area contributed by atoms with Crippen molar-refractivity contribution in [1.29, 1.82) is 0 Å². The predicted octanol–water partition coefficient (Wildman–Crippen LogP) is 2.99. The average Bonchev–Trinajstić information content (AvgIpc) is 3.04. The van der Waals surface area contributed by atoms with Crippen LogP contribution in [0.4, 0.5) is 29.3 Å². The van der Waals surface area contributed by atoms with Gasteiger partial charge in [0.2, 0.25) is 0 Å². The Hall–Kier alpha value is -3.18. The summed E-state index contributed by atoms with van der Waals surface area (Å²) in [6, 6.07) is 8.42. The Morgan fingerprint density at radius 1 is 1.24 bits per heavy atom. The van der Waals surface area contributed by atoms with E-state index in [9.17, 15) is 18.4 Å². The van der Waals surface area contributed by atoms with Gasteiger partial charge in [-0.05, 0) is 36.2 Å². The van der Waals surface area contributed by atoms with Gasteiger partial charge in [0.05, 0.1) is 17.9 Å². The van der Waals surface area contributed by atoms with Crippen molar-refractivity contribution in [2.24, 2.45) is 0 Å². The number of nitrogens with zero attached hydrogens (tertiary/aromatic N) is 4. The summed E-state index contributed by atoms with van der Waals surface area (Å²) >= 11 is 0. The van der Waals surface area contributed by atoms with Crippen molar-refractivity contribution in [1.82, 2.24) is 15.4 Å². The molecule has 0 saturated carbocycles. The number of hydrogen-bond acceptors (Lipinski definition) is 7. The fourth-order valence-electron chi connectivity index (χ4n) is 4.08. The lowest BCUT2D eigenvalue weighted by molar-refractivity contribution is -0.129. The third-order valence-electron chi connectivity index (χ3n) is 5.87. The van der Waals surface area contributed by atoms with Crippen molar-refractivity contribution >= 4 is 23.3 Å². The number of carbonyl (C=O) groups is 2. The van der Waals surface area contributed by atoms with Gasteiger partial charge in [0, 0.05) is 51.5 Å². The maximum atomic E-state index is 15.0. The number of rotatable bonds is 8. The molecule has 2 aliphatic heterocycles. The number of hydrazine groups is 1. The minimum absolute atomic E-state index is 0.00228. The van der Waals surface area contributed by atoms with Gasteiger partial charge in [-0.25, -0.2) is 23.0 Å². The van der Waals surface area contributed by atoms with E-state index >= 15 is 4.39 Å². The first-order valence-corrected chi connectivity index (χ1v) is 11.1. The van der Waals surface area contributed by atoms with Crippen molar-refractivity contribution in [2.75, 3.05) is 42.5 Å². The number of benzene rings is 1. The Labute approximate surface area is 195 Å². The van der Waals surface area contributed by atoms with Crippen LogP contribution in [0.1, 0.15) is 18.4 Å². The summed E-state index contributed by atoms with van der Waals surface area (Å²) in [5.74, 6) is -1.65. The fraction of sp³-hybridized carbons (Fsp3) is 0.435. The topological polar surface area (TPSA) is 78.0 Å². The van der Waals surface area contributed by atoms with E-state index in [2.05, 4.69) is 15.4 Å². The molecule has 2 fully saturated rings. The van der Waals surface area contributed by atoms with Gasteiger partial charge >= 0.3 is 6.09 Å². The van der Waals surface area contributed by atoms with Crippen LogP contribution in [0.15, 0.2) is 42.7 Å². The largest absolute Gasteiger partial charge is 0.444 e. The van der Waals surface area contributed by atoms with Crippen LogP contribution in [-0.2, 0) is 16.1 Å². The Balaban J connectivity index is 1.35. The van der Waals surface area contributed by atoms with Crippen molar-refractivity contribution < 1.29 is 27.5 Å². The van der Waals surface area contributed by atoms with Crippen LogP contribution < -0.4 is 15.2 Å². The smallest absolute Gasteiger partial charge is 0.414 e. The number of ether oxygens (including phenoxy) is 1. The molecule has 1 amide bonds. The molecule has 3 heterocycles. The SMILES string of the molecule is O=C(CC[C@H]1CN(c2ccc(N3CCNN(Cc4cccnc4)CC3)c(F)c2)C(=O)O1)C(F)F. The monoisotopic (exact) mass is 477 g/mol. The number of pyridine rings is 1. The lowest BCUT2D eigenvalue weighted by atomic mass is 10.1. The van der Waals surface area contributed by atoms with Gasteiger partial charge in [0.25, 0.3) is 6.43 Å². The number of aromatic nitrogens is 1. The van der Waals surface area contributed by atoms with E-state index in [1.165, 1.54) is 11.0 Å². The van der Waals surface area contributed by atoms with Gasteiger partial charge in [0.1, 0.15) is 11.9 Å². The lowest BCUT2D eigenvalue weighted by Gasteiger charge is -2.24. The Kier molecular flexibility index (Phi) is 7.63. The molecule has 0 spiro atoms. The third-order valence-corrected chi connectivity index (χ3v) is 5.87. The molecule has 34 heavy (non-hydrogen) atoms. The molecule has 1 aromatic heterocycles. The normalized spacial score (nSPS) is 19.4. The van der Waals surface area contributed by atoms with Crippen LogP contribution in [0.25, 0.3) is 0 Å². The Morgan fingerprint density at radius 2 is 2.09 bits per heavy atom. The van der Waals surface area contributed by atoms with Crippen molar-refractivity contribution in [3.63, 3.8) is 0 Å². The molecule has 182 valence electrons. The summed E-state index contributed by atoms with van der Waals surface area (Å²) in [5.41, 5.74) is 5.17. The highest BCUT2D eigenvalue weighted by atomic mass is 19.3. The first-order chi connectivity index (χ1) is 16.4. The zero-order chi connectivity index (χ0) is 24.1. The summed E-state index contributed by atoms with van der Waals surface area (Å²) in [5, 5.41) is 2.07.